The highest BCUT2D eigenvalue weighted by molar-refractivity contribution is 5.70. The van der Waals surface area contributed by atoms with Crippen LogP contribution in [-0.4, -0.2) is 59.9 Å². The Morgan fingerprint density at radius 1 is 1.20 bits per heavy atom. The number of hydrogen-bond acceptors (Lipinski definition) is 7. The highest BCUT2D eigenvalue weighted by atomic mass is 16.6. The van der Waals surface area contributed by atoms with Crippen molar-refractivity contribution >= 4 is 17.6 Å². The van der Waals surface area contributed by atoms with Crippen LogP contribution in [-0.2, 0) is 4.74 Å². The molecule has 1 aliphatic heterocycles. The number of nitrogens with two attached hydrogens (primary N) is 1. The lowest BCUT2D eigenvalue weighted by Gasteiger charge is -2.35. The van der Waals surface area contributed by atoms with Gasteiger partial charge in [-0.05, 0) is 32.6 Å². The van der Waals surface area contributed by atoms with E-state index in [0.29, 0.717) is 50.2 Å². The third-order valence-electron chi connectivity index (χ3n) is 4.76. The Morgan fingerprint density at radius 2 is 1.92 bits per heavy atom. The second-order valence-electron chi connectivity index (χ2n) is 6.47. The maximum Gasteiger partial charge on any atom is 0.409 e. The van der Waals surface area contributed by atoms with Gasteiger partial charge >= 0.3 is 6.09 Å². The van der Waals surface area contributed by atoms with Crippen LogP contribution in [0.25, 0.3) is 0 Å². The quantitative estimate of drug-likeness (QED) is 0.889. The summed E-state index contributed by atoms with van der Waals surface area (Å²) in [6.07, 6.45) is 7.19. The van der Waals surface area contributed by atoms with Crippen molar-refractivity contribution in [2.45, 2.75) is 45.1 Å². The lowest BCUT2D eigenvalue weighted by Crippen LogP contribution is -2.49. The molecule has 0 unspecified atom stereocenters. The van der Waals surface area contributed by atoms with Gasteiger partial charge in [-0.15, -0.1) is 0 Å². The number of aromatic nitrogens is 2. The summed E-state index contributed by atoms with van der Waals surface area (Å²) in [5.74, 6) is 1.16. The molecule has 8 nitrogen and oxygen atoms in total. The minimum absolute atomic E-state index is 0.194. The molecule has 1 saturated heterocycles. The van der Waals surface area contributed by atoms with Crippen molar-refractivity contribution in [3.05, 3.63) is 6.33 Å². The van der Waals surface area contributed by atoms with Crippen molar-refractivity contribution < 1.29 is 14.3 Å². The first-order valence-electron chi connectivity index (χ1n) is 9.12. The molecule has 25 heavy (non-hydrogen) atoms. The molecule has 1 aromatic heterocycles. The maximum atomic E-state index is 11.8. The van der Waals surface area contributed by atoms with Crippen LogP contribution < -0.4 is 15.4 Å². The molecule has 0 atom stereocenters. The Kier molecular flexibility index (Phi) is 5.78. The number of nitrogens with zero attached hydrogens (tertiary/aromatic N) is 4. The lowest BCUT2D eigenvalue weighted by atomic mass is 9.98. The number of carbonyl (C=O) groups is 1. The third-order valence-corrected chi connectivity index (χ3v) is 4.76. The van der Waals surface area contributed by atoms with Gasteiger partial charge in [0.2, 0.25) is 5.88 Å². The minimum atomic E-state index is -0.265. The van der Waals surface area contributed by atoms with Gasteiger partial charge < -0.3 is 25.0 Å². The molecule has 2 N–H and O–H groups in total. The number of carbonyl (C=O) groups excluding carboxylic acids is 1. The zero-order valence-corrected chi connectivity index (χ0v) is 14.8. The fourth-order valence-corrected chi connectivity index (χ4v) is 3.37. The van der Waals surface area contributed by atoms with Crippen LogP contribution in [0.2, 0.25) is 0 Å². The number of piperazine rings is 1. The van der Waals surface area contributed by atoms with Crippen molar-refractivity contribution in [2.75, 3.05) is 43.4 Å². The van der Waals surface area contributed by atoms with E-state index in [4.69, 9.17) is 15.2 Å². The Labute approximate surface area is 148 Å². The van der Waals surface area contributed by atoms with Crippen LogP contribution in [0.15, 0.2) is 6.33 Å². The van der Waals surface area contributed by atoms with Crippen LogP contribution >= 0.6 is 0 Å². The molecular weight excluding hydrogens is 322 g/mol. The molecule has 1 aliphatic carbocycles. The van der Waals surface area contributed by atoms with E-state index >= 15 is 0 Å². The molecule has 0 aromatic carbocycles. The third kappa shape index (κ3) is 4.24. The van der Waals surface area contributed by atoms with Crippen LogP contribution in [0, 0.1) is 0 Å². The van der Waals surface area contributed by atoms with E-state index in [9.17, 15) is 4.79 Å². The molecule has 1 amide bonds. The SMILES string of the molecule is CCOC(=O)N1CCN(c2ncnc(OC3CCCCC3)c2N)CC1. The van der Waals surface area contributed by atoms with Crippen LogP contribution in [0.4, 0.5) is 16.3 Å². The van der Waals surface area contributed by atoms with Gasteiger partial charge in [0, 0.05) is 26.2 Å². The first-order valence-corrected chi connectivity index (χ1v) is 9.12. The van der Waals surface area contributed by atoms with Crippen LogP contribution in [0.3, 0.4) is 0 Å². The molecule has 0 bridgehead atoms. The molecule has 1 aromatic rings. The summed E-state index contributed by atoms with van der Waals surface area (Å²) in [6, 6.07) is 0. The first kappa shape index (κ1) is 17.6. The van der Waals surface area contributed by atoms with Gasteiger partial charge in [0.05, 0.1) is 6.61 Å². The summed E-state index contributed by atoms with van der Waals surface area (Å²) in [7, 11) is 0. The summed E-state index contributed by atoms with van der Waals surface area (Å²) >= 11 is 0. The fraction of sp³-hybridized carbons (Fsp3) is 0.706. The van der Waals surface area contributed by atoms with E-state index in [-0.39, 0.29) is 12.2 Å². The Hall–Kier alpha value is -2.25. The fourth-order valence-electron chi connectivity index (χ4n) is 3.37. The monoisotopic (exact) mass is 349 g/mol. The molecule has 2 heterocycles. The van der Waals surface area contributed by atoms with E-state index in [1.54, 1.807) is 4.90 Å². The molecule has 138 valence electrons. The number of amides is 1. The Bertz CT molecular complexity index is 584. The van der Waals surface area contributed by atoms with E-state index in [0.717, 1.165) is 12.8 Å². The standard InChI is InChI=1S/C17H27N5O3/c1-2-24-17(23)22-10-8-21(9-11-22)15-14(18)16(20-12-19-15)25-13-6-4-3-5-7-13/h12-13H,2-11,18H2,1H3. The molecular formula is C17H27N5O3. The average molecular weight is 349 g/mol. The second-order valence-corrected chi connectivity index (χ2v) is 6.47. The molecule has 2 aliphatic rings. The Morgan fingerprint density at radius 3 is 2.60 bits per heavy atom. The first-order chi connectivity index (χ1) is 12.2. The Balaban J connectivity index is 1.63. The summed E-state index contributed by atoms with van der Waals surface area (Å²) in [5.41, 5.74) is 6.76. The maximum absolute atomic E-state index is 11.8. The summed E-state index contributed by atoms with van der Waals surface area (Å²) in [4.78, 5) is 24.1. The molecule has 0 radical (unpaired) electrons. The highest BCUT2D eigenvalue weighted by Crippen LogP contribution is 2.31. The number of hydrogen-bond donors (Lipinski definition) is 1. The average Bonchev–Trinajstić information content (AvgIpc) is 2.65. The van der Waals surface area contributed by atoms with Gasteiger partial charge in [0.25, 0.3) is 0 Å². The predicted octanol–water partition coefficient (Wildman–Crippen LogP) is 2.05. The van der Waals surface area contributed by atoms with Gasteiger partial charge in [-0.1, -0.05) is 6.42 Å². The van der Waals surface area contributed by atoms with E-state index in [1.165, 1.54) is 25.6 Å². The highest BCUT2D eigenvalue weighted by Gasteiger charge is 2.25. The lowest BCUT2D eigenvalue weighted by molar-refractivity contribution is 0.105. The van der Waals surface area contributed by atoms with E-state index in [2.05, 4.69) is 14.9 Å². The summed E-state index contributed by atoms with van der Waals surface area (Å²) < 4.78 is 11.1. The van der Waals surface area contributed by atoms with Gasteiger partial charge in [0.1, 0.15) is 18.1 Å². The number of rotatable bonds is 4. The van der Waals surface area contributed by atoms with E-state index in [1.807, 2.05) is 6.92 Å². The van der Waals surface area contributed by atoms with Gasteiger partial charge in [-0.2, -0.15) is 4.98 Å². The van der Waals surface area contributed by atoms with Gasteiger partial charge in [-0.3, -0.25) is 0 Å². The second kappa shape index (κ2) is 8.22. The van der Waals surface area contributed by atoms with Gasteiger partial charge in [0.15, 0.2) is 5.82 Å². The number of ether oxygens (including phenoxy) is 2. The van der Waals surface area contributed by atoms with Crippen LogP contribution in [0.5, 0.6) is 5.88 Å². The zero-order chi connectivity index (χ0) is 17.6. The predicted molar refractivity (Wildman–Crippen MR) is 94.8 cm³/mol. The van der Waals surface area contributed by atoms with Crippen molar-refractivity contribution in [3.8, 4) is 5.88 Å². The van der Waals surface area contributed by atoms with Crippen LogP contribution in [0.1, 0.15) is 39.0 Å². The molecule has 2 fully saturated rings. The number of nitrogen functional groups attached to an aromatic ring is 1. The van der Waals surface area contributed by atoms with Crippen molar-refractivity contribution in [3.63, 3.8) is 0 Å². The molecule has 3 rings (SSSR count). The summed E-state index contributed by atoms with van der Waals surface area (Å²) in [5, 5.41) is 0. The largest absolute Gasteiger partial charge is 0.473 e. The minimum Gasteiger partial charge on any atom is -0.473 e. The number of anilines is 2. The molecule has 0 spiro atoms. The topological polar surface area (TPSA) is 93.8 Å². The zero-order valence-electron chi connectivity index (χ0n) is 14.8. The smallest absolute Gasteiger partial charge is 0.409 e. The summed E-state index contributed by atoms with van der Waals surface area (Å²) in [6.45, 7) is 4.68. The van der Waals surface area contributed by atoms with Crippen molar-refractivity contribution in [1.82, 2.24) is 14.9 Å². The molecule has 8 heteroatoms. The van der Waals surface area contributed by atoms with Crippen molar-refractivity contribution in [1.29, 1.82) is 0 Å². The van der Waals surface area contributed by atoms with Gasteiger partial charge in [-0.25, -0.2) is 9.78 Å². The van der Waals surface area contributed by atoms with Crippen molar-refractivity contribution in [2.24, 2.45) is 0 Å². The van der Waals surface area contributed by atoms with E-state index < -0.39 is 0 Å². The normalized spacial score (nSPS) is 18.9. The molecule has 1 saturated carbocycles.